The second-order valence-electron chi connectivity index (χ2n) is 4.48. The maximum Gasteiger partial charge on any atom is 0.258 e. The molecule has 1 unspecified atom stereocenters. The van der Waals surface area contributed by atoms with E-state index in [9.17, 15) is 4.79 Å². The zero-order valence-corrected chi connectivity index (χ0v) is 12.5. The van der Waals surface area contributed by atoms with E-state index in [2.05, 4.69) is 21.2 Å². The highest BCUT2D eigenvalue weighted by atomic mass is 79.9. The van der Waals surface area contributed by atoms with Crippen LogP contribution in [0.25, 0.3) is 0 Å². The van der Waals surface area contributed by atoms with Gasteiger partial charge >= 0.3 is 0 Å². The largest absolute Gasteiger partial charge is 0.483 e. The molecule has 0 aliphatic carbocycles. The Balaban J connectivity index is 2.70. The third-order valence-corrected chi connectivity index (χ3v) is 2.76. The SMILES string of the molecule is CC(C)NC(=O)COc1ccc(Br)cc1C(C)N. The summed E-state index contributed by atoms with van der Waals surface area (Å²) in [5.74, 6) is 0.510. The van der Waals surface area contributed by atoms with Crippen LogP contribution in [0.3, 0.4) is 0 Å². The number of carbonyl (C=O) groups excluding carboxylic acids is 1. The van der Waals surface area contributed by atoms with Crippen molar-refractivity contribution in [1.29, 1.82) is 0 Å². The fraction of sp³-hybridized carbons (Fsp3) is 0.462. The van der Waals surface area contributed by atoms with Gasteiger partial charge in [0.1, 0.15) is 5.75 Å². The Hall–Kier alpha value is -1.07. The zero-order valence-electron chi connectivity index (χ0n) is 10.9. The van der Waals surface area contributed by atoms with E-state index in [0.29, 0.717) is 5.75 Å². The van der Waals surface area contributed by atoms with Crippen LogP contribution in [0.4, 0.5) is 0 Å². The Morgan fingerprint density at radius 1 is 1.44 bits per heavy atom. The van der Waals surface area contributed by atoms with Crippen molar-refractivity contribution in [3.05, 3.63) is 28.2 Å². The molecule has 0 saturated heterocycles. The molecular weight excluding hydrogens is 296 g/mol. The third-order valence-electron chi connectivity index (χ3n) is 2.27. The molecule has 100 valence electrons. The second-order valence-corrected chi connectivity index (χ2v) is 5.40. The van der Waals surface area contributed by atoms with E-state index in [1.807, 2.05) is 39.0 Å². The van der Waals surface area contributed by atoms with Gasteiger partial charge in [-0.15, -0.1) is 0 Å². The summed E-state index contributed by atoms with van der Waals surface area (Å²) in [4.78, 5) is 11.5. The lowest BCUT2D eigenvalue weighted by molar-refractivity contribution is -0.123. The number of hydrogen-bond acceptors (Lipinski definition) is 3. The van der Waals surface area contributed by atoms with Crippen LogP contribution >= 0.6 is 15.9 Å². The van der Waals surface area contributed by atoms with E-state index < -0.39 is 0 Å². The standard InChI is InChI=1S/C13H19BrN2O2/c1-8(2)16-13(17)7-18-12-5-4-10(14)6-11(12)9(3)15/h4-6,8-9H,7,15H2,1-3H3,(H,16,17). The minimum atomic E-state index is -0.148. The van der Waals surface area contributed by atoms with E-state index in [4.69, 9.17) is 10.5 Å². The predicted octanol–water partition coefficient (Wildman–Crippen LogP) is 2.37. The third kappa shape index (κ3) is 4.66. The molecule has 0 bridgehead atoms. The molecule has 1 aromatic rings. The van der Waals surface area contributed by atoms with Crippen LogP contribution in [-0.2, 0) is 4.79 Å². The van der Waals surface area contributed by atoms with E-state index >= 15 is 0 Å². The maximum absolute atomic E-state index is 11.5. The first kappa shape index (κ1) is 15.0. The molecule has 5 heteroatoms. The summed E-state index contributed by atoms with van der Waals surface area (Å²) in [6.45, 7) is 5.69. The number of carbonyl (C=O) groups is 1. The molecule has 3 N–H and O–H groups in total. The van der Waals surface area contributed by atoms with Crippen LogP contribution in [-0.4, -0.2) is 18.6 Å². The molecule has 4 nitrogen and oxygen atoms in total. The number of nitrogens with two attached hydrogens (primary N) is 1. The first-order valence-electron chi connectivity index (χ1n) is 5.87. The number of benzene rings is 1. The summed E-state index contributed by atoms with van der Waals surface area (Å²) in [5, 5.41) is 2.77. The molecule has 0 saturated carbocycles. The number of hydrogen-bond donors (Lipinski definition) is 2. The van der Waals surface area contributed by atoms with Crippen LogP contribution in [0.15, 0.2) is 22.7 Å². The van der Waals surface area contributed by atoms with Gasteiger partial charge < -0.3 is 15.8 Å². The lowest BCUT2D eigenvalue weighted by Crippen LogP contribution is -2.34. The number of ether oxygens (including phenoxy) is 1. The summed E-state index contributed by atoms with van der Waals surface area (Å²) in [7, 11) is 0. The van der Waals surface area contributed by atoms with Crippen molar-refractivity contribution in [2.24, 2.45) is 5.73 Å². The summed E-state index contributed by atoms with van der Waals surface area (Å²) in [6, 6.07) is 5.54. The summed E-state index contributed by atoms with van der Waals surface area (Å²) >= 11 is 3.39. The van der Waals surface area contributed by atoms with E-state index in [0.717, 1.165) is 10.0 Å². The van der Waals surface area contributed by atoms with Crippen LogP contribution in [0.5, 0.6) is 5.75 Å². The monoisotopic (exact) mass is 314 g/mol. The molecular formula is C13H19BrN2O2. The quantitative estimate of drug-likeness (QED) is 0.877. The average Bonchev–Trinajstić information content (AvgIpc) is 2.26. The van der Waals surface area contributed by atoms with E-state index in [-0.39, 0.29) is 24.6 Å². The molecule has 18 heavy (non-hydrogen) atoms. The molecule has 0 fully saturated rings. The van der Waals surface area contributed by atoms with Crippen LogP contribution in [0.1, 0.15) is 32.4 Å². The molecule has 0 spiro atoms. The normalized spacial score (nSPS) is 12.3. The molecule has 1 amide bonds. The van der Waals surface area contributed by atoms with Crippen molar-refractivity contribution in [2.45, 2.75) is 32.9 Å². The minimum absolute atomic E-state index is 0.000464. The van der Waals surface area contributed by atoms with E-state index in [1.165, 1.54) is 0 Å². The van der Waals surface area contributed by atoms with Gasteiger partial charge in [0.05, 0.1) is 0 Å². The molecule has 0 heterocycles. The zero-order chi connectivity index (χ0) is 13.7. The first-order valence-corrected chi connectivity index (χ1v) is 6.66. The van der Waals surface area contributed by atoms with Crippen molar-refractivity contribution >= 4 is 21.8 Å². The van der Waals surface area contributed by atoms with Crippen molar-refractivity contribution in [2.75, 3.05) is 6.61 Å². The first-order chi connectivity index (χ1) is 8.40. The topological polar surface area (TPSA) is 64.3 Å². The van der Waals surface area contributed by atoms with Gasteiger partial charge in [-0.1, -0.05) is 15.9 Å². The molecule has 1 atom stereocenters. The van der Waals surface area contributed by atoms with Crippen molar-refractivity contribution < 1.29 is 9.53 Å². The van der Waals surface area contributed by atoms with E-state index in [1.54, 1.807) is 0 Å². The number of amides is 1. The van der Waals surface area contributed by atoms with Gasteiger partial charge in [-0.3, -0.25) is 4.79 Å². The van der Waals surface area contributed by atoms with Gasteiger partial charge in [-0.25, -0.2) is 0 Å². The lowest BCUT2D eigenvalue weighted by atomic mass is 10.1. The van der Waals surface area contributed by atoms with Gasteiger partial charge in [0, 0.05) is 22.1 Å². The Labute approximate surface area is 116 Å². The smallest absolute Gasteiger partial charge is 0.258 e. The lowest BCUT2D eigenvalue weighted by Gasteiger charge is -2.15. The fourth-order valence-electron chi connectivity index (χ4n) is 1.51. The number of halogens is 1. The Kier molecular flexibility index (Phi) is 5.62. The number of rotatable bonds is 5. The molecule has 0 radical (unpaired) electrons. The summed E-state index contributed by atoms with van der Waals surface area (Å²) in [6.07, 6.45) is 0. The maximum atomic E-state index is 11.5. The average molecular weight is 315 g/mol. The van der Waals surface area contributed by atoms with Gasteiger partial charge in [-0.05, 0) is 39.0 Å². The highest BCUT2D eigenvalue weighted by Gasteiger charge is 2.11. The van der Waals surface area contributed by atoms with Gasteiger partial charge in [0.25, 0.3) is 5.91 Å². The molecule has 0 aromatic heterocycles. The van der Waals surface area contributed by atoms with Crippen molar-refractivity contribution in [3.63, 3.8) is 0 Å². The second kappa shape index (κ2) is 6.75. The van der Waals surface area contributed by atoms with Crippen LogP contribution in [0, 0.1) is 0 Å². The fourth-order valence-corrected chi connectivity index (χ4v) is 1.89. The highest BCUT2D eigenvalue weighted by molar-refractivity contribution is 9.10. The Bertz CT molecular complexity index is 419. The molecule has 1 aromatic carbocycles. The van der Waals surface area contributed by atoms with Gasteiger partial charge in [-0.2, -0.15) is 0 Å². The Morgan fingerprint density at radius 2 is 2.11 bits per heavy atom. The summed E-state index contributed by atoms with van der Waals surface area (Å²) in [5.41, 5.74) is 6.75. The molecule has 0 aliphatic heterocycles. The predicted molar refractivity (Wildman–Crippen MR) is 75.5 cm³/mol. The summed E-state index contributed by atoms with van der Waals surface area (Å²) < 4.78 is 6.44. The minimum Gasteiger partial charge on any atom is -0.483 e. The molecule has 1 rings (SSSR count). The van der Waals surface area contributed by atoms with Crippen LogP contribution < -0.4 is 15.8 Å². The van der Waals surface area contributed by atoms with Gasteiger partial charge in [0.2, 0.25) is 0 Å². The van der Waals surface area contributed by atoms with Crippen LogP contribution in [0.2, 0.25) is 0 Å². The molecule has 0 aliphatic rings. The van der Waals surface area contributed by atoms with Crippen molar-refractivity contribution in [1.82, 2.24) is 5.32 Å². The Morgan fingerprint density at radius 3 is 2.67 bits per heavy atom. The van der Waals surface area contributed by atoms with Gasteiger partial charge in [0.15, 0.2) is 6.61 Å². The van der Waals surface area contributed by atoms with Crippen molar-refractivity contribution in [3.8, 4) is 5.75 Å². The highest BCUT2D eigenvalue weighted by Crippen LogP contribution is 2.27. The number of nitrogens with one attached hydrogen (secondary N) is 1.